The van der Waals surface area contributed by atoms with Crippen LogP contribution in [-0.4, -0.2) is 36.1 Å². The number of nitrogens with one attached hydrogen (secondary N) is 2. The normalized spacial score (nSPS) is 11.4. The highest BCUT2D eigenvalue weighted by Gasteiger charge is 2.20. The molecule has 0 aliphatic carbocycles. The van der Waals surface area contributed by atoms with E-state index in [0.29, 0.717) is 15.8 Å². The van der Waals surface area contributed by atoms with Gasteiger partial charge in [-0.15, -0.1) is 5.10 Å². The second-order valence-corrected chi connectivity index (χ2v) is 7.19. The number of halogens is 1. The molecule has 130 valence electrons. The molecule has 0 saturated carbocycles. The van der Waals surface area contributed by atoms with Crippen LogP contribution in [0.3, 0.4) is 0 Å². The van der Waals surface area contributed by atoms with Crippen LogP contribution in [0.4, 0.5) is 5.95 Å². The minimum atomic E-state index is -3.92. The van der Waals surface area contributed by atoms with Crippen LogP contribution in [0.5, 0.6) is 0 Å². The number of hydrogen-bond donors (Lipinski definition) is 2. The van der Waals surface area contributed by atoms with Gasteiger partial charge in [-0.2, -0.15) is 4.98 Å². The average molecular weight is 380 g/mol. The first kappa shape index (κ1) is 17.2. The fraction of sp³-hybridized carbons (Fsp3) is 0.133. The van der Waals surface area contributed by atoms with E-state index >= 15 is 0 Å². The fourth-order valence-corrected chi connectivity index (χ4v) is 3.67. The number of likely N-dealkylation sites (N-methyl/N-ethyl adjacent to an activating group) is 1. The summed E-state index contributed by atoms with van der Waals surface area (Å²) in [5, 5.41) is 7.96. The maximum atomic E-state index is 12.7. The van der Waals surface area contributed by atoms with Gasteiger partial charge in [0.2, 0.25) is 5.91 Å². The van der Waals surface area contributed by atoms with Crippen LogP contribution in [-0.2, 0) is 21.4 Å². The summed E-state index contributed by atoms with van der Waals surface area (Å²) >= 11 is 6.12. The lowest BCUT2D eigenvalue weighted by Crippen LogP contribution is -2.23. The molecule has 0 atom stereocenters. The Morgan fingerprint density at radius 3 is 2.64 bits per heavy atom. The van der Waals surface area contributed by atoms with Crippen LogP contribution in [0.1, 0.15) is 0 Å². The van der Waals surface area contributed by atoms with Crippen LogP contribution in [0.15, 0.2) is 47.6 Å². The van der Waals surface area contributed by atoms with Crippen LogP contribution in [0.25, 0.3) is 10.8 Å². The minimum Gasteiger partial charge on any atom is -0.358 e. The van der Waals surface area contributed by atoms with Crippen molar-refractivity contribution in [1.29, 1.82) is 0 Å². The maximum Gasteiger partial charge on any atom is 0.264 e. The van der Waals surface area contributed by atoms with Gasteiger partial charge in [0.15, 0.2) is 0 Å². The maximum absolute atomic E-state index is 12.7. The first-order valence-corrected chi connectivity index (χ1v) is 9.07. The molecule has 0 radical (unpaired) electrons. The van der Waals surface area contributed by atoms with E-state index in [2.05, 4.69) is 20.1 Å². The van der Waals surface area contributed by atoms with Gasteiger partial charge in [0.25, 0.3) is 16.0 Å². The summed E-state index contributed by atoms with van der Waals surface area (Å²) in [6, 6.07) is 9.87. The molecular weight excluding hydrogens is 366 g/mol. The number of benzene rings is 2. The number of carbonyl (C=O) groups excluding carboxylic acids is 1. The summed E-state index contributed by atoms with van der Waals surface area (Å²) < 4.78 is 28.9. The van der Waals surface area contributed by atoms with Crippen molar-refractivity contribution < 1.29 is 13.2 Å². The molecule has 0 fully saturated rings. The summed E-state index contributed by atoms with van der Waals surface area (Å²) in [5.74, 6) is -0.397. The Bertz CT molecular complexity index is 1050. The number of anilines is 1. The molecule has 1 amide bonds. The molecule has 0 bridgehead atoms. The smallest absolute Gasteiger partial charge is 0.264 e. The van der Waals surface area contributed by atoms with Gasteiger partial charge in [0.05, 0.1) is 4.90 Å². The zero-order chi connectivity index (χ0) is 18.0. The van der Waals surface area contributed by atoms with Gasteiger partial charge in [-0.05, 0) is 12.1 Å². The van der Waals surface area contributed by atoms with Gasteiger partial charge in [0, 0.05) is 22.8 Å². The molecule has 10 heteroatoms. The van der Waals surface area contributed by atoms with Crippen LogP contribution < -0.4 is 10.0 Å². The number of carbonyl (C=O) groups is 1. The zero-order valence-corrected chi connectivity index (χ0v) is 14.7. The van der Waals surface area contributed by atoms with E-state index in [-0.39, 0.29) is 23.3 Å². The first-order valence-electron chi connectivity index (χ1n) is 7.21. The summed E-state index contributed by atoms with van der Waals surface area (Å²) in [6.07, 6.45) is 1.27. The van der Waals surface area contributed by atoms with Gasteiger partial charge in [-0.3, -0.25) is 4.79 Å². The number of sulfonamides is 1. The van der Waals surface area contributed by atoms with E-state index in [9.17, 15) is 13.2 Å². The third kappa shape index (κ3) is 3.57. The van der Waals surface area contributed by atoms with E-state index < -0.39 is 10.0 Å². The standard InChI is InChI=1S/C15H14ClN5O3S/c1-17-14(22)8-21-9-18-15(19-21)20-25(23,24)13-7-6-12(16)10-4-2-3-5-11(10)13/h2-7,9H,8H2,1H3,(H,17,22)(H,19,20). The summed E-state index contributed by atoms with van der Waals surface area (Å²) in [6.45, 7) is -0.0604. The Labute approximate surface area is 148 Å². The van der Waals surface area contributed by atoms with Gasteiger partial charge in [0.1, 0.15) is 12.9 Å². The number of hydrogen-bond acceptors (Lipinski definition) is 5. The highest BCUT2D eigenvalue weighted by Crippen LogP contribution is 2.29. The molecule has 2 aromatic carbocycles. The third-order valence-electron chi connectivity index (χ3n) is 3.47. The van der Waals surface area contributed by atoms with Crippen LogP contribution in [0.2, 0.25) is 5.02 Å². The molecule has 25 heavy (non-hydrogen) atoms. The number of fused-ring (bicyclic) bond motifs is 1. The van der Waals surface area contributed by atoms with E-state index in [0.717, 1.165) is 0 Å². The second-order valence-electron chi connectivity index (χ2n) is 5.14. The molecule has 0 unspecified atom stereocenters. The summed E-state index contributed by atoms with van der Waals surface area (Å²) in [4.78, 5) is 15.3. The first-order chi connectivity index (χ1) is 11.9. The quantitative estimate of drug-likeness (QED) is 0.700. The third-order valence-corrected chi connectivity index (χ3v) is 5.18. The second kappa shape index (κ2) is 6.69. The lowest BCUT2D eigenvalue weighted by molar-refractivity contribution is -0.121. The van der Waals surface area contributed by atoms with E-state index in [1.165, 1.54) is 30.2 Å². The molecule has 0 spiro atoms. The van der Waals surface area contributed by atoms with Crippen molar-refractivity contribution in [3.63, 3.8) is 0 Å². The molecule has 0 aliphatic rings. The average Bonchev–Trinajstić information content (AvgIpc) is 3.01. The lowest BCUT2D eigenvalue weighted by Gasteiger charge is -2.09. The molecule has 1 heterocycles. The van der Waals surface area contributed by atoms with Crippen molar-refractivity contribution in [3.8, 4) is 0 Å². The van der Waals surface area contributed by atoms with E-state index in [4.69, 9.17) is 11.6 Å². The lowest BCUT2D eigenvalue weighted by atomic mass is 10.1. The Hall–Kier alpha value is -2.65. The van der Waals surface area contributed by atoms with Crippen molar-refractivity contribution in [2.24, 2.45) is 0 Å². The van der Waals surface area contributed by atoms with Crippen molar-refractivity contribution >= 4 is 44.3 Å². The van der Waals surface area contributed by atoms with Gasteiger partial charge in [-0.1, -0.05) is 35.9 Å². The molecule has 0 saturated heterocycles. The predicted molar refractivity (Wildman–Crippen MR) is 93.9 cm³/mol. The Morgan fingerprint density at radius 1 is 1.20 bits per heavy atom. The monoisotopic (exact) mass is 379 g/mol. The molecule has 8 nitrogen and oxygen atoms in total. The van der Waals surface area contributed by atoms with E-state index in [1.807, 2.05) is 0 Å². The Kier molecular flexibility index (Phi) is 4.60. The van der Waals surface area contributed by atoms with Gasteiger partial charge in [-0.25, -0.2) is 17.8 Å². The largest absolute Gasteiger partial charge is 0.358 e. The topological polar surface area (TPSA) is 106 Å². The molecule has 2 N–H and O–H groups in total. The van der Waals surface area contributed by atoms with E-state index in [1.54, 1.807) is 24.3 Å². The number of nitrogens with zero attached hydrogens (tertiary/aromatic N) is 3. The van der Waals surface area contributed by atoms with Crippen molar-refractivity contribution in [3.05, 3.63) is 47.7 Å². The highest BCUT2D eigenvalue weighted by atomic mass is 35.5. The van der Waals surface area contributed by atoms with Crippen LogP contribution >= 0.6 is 11.6 Å². The molecule has 3 rings (SSSR count). The Morgan fingerprint density at radius 2 is 1.92 bits per heavy atom. The van der Waals surface area contributed by atoms with Crippen molar-refractivity contribution in [1.82, 2.24) is 20.1 Å². The molecule has 3 aromatic rings. The summed E-state index contributed by atoms with van der Waals surface area (Å²) in [5.41, 5.74) is 0. The van der Waals surface area contributed by atoms with Crippen molar-refractivity contribution in [2.45, 2.75) is 11.4 Å². The zero-order valence-electron chi connectivity index (χ0n) is 13.1. The number of aromatic nitrogens is 3. The van der Waals surface area contributed by atoms with Gasteiger partial charge < -0.3 is 5.32 Å². The number of rotatable bonds is 5. The molecule has 0 aliphatic heterocycles. The fourth-order valence-electron chi connectivity index (χ4n) is 2.29. The predicted octanol–water partition coefficient (Wildman–Crippen LogP) is 1.63. The van der Waals surface area contributed by atoms with Gasteiger partial charge >= 0.3 is 0 Å². The van der Waals surface area contributed by atoms with Crippen molar-refractivity contribution in [2.75, 3.05) is 11.8 Å². The SMILES string of the molecule is CNC(=O)Cn1cnc(NS(=O)(=O)c2ccc(Cl)c3ccccc23)n1. The highest BCUT2D eigenvalue weighted by molar-refractivity contribution is 7.93. The van der Waals surface area contributed by atoms with Crippen LogP contribution in [0, 0.1) is 0 Å². The minimum absolute atomic E-state index is 0.0604. The Balaban J connectivity index is 1.93. The number of amides is 1. The molecule has 1 aromatic heterocycles. The summed E-state index contributed by atoms with van der Waals surface area (Å²) in [7, 11) is -2.43. The molecular formula is C15H14ClN5O3S.